The first kappa shape index (κ1) is 19.8. The molecule has 1 heterocycles. The van der Waals surface area contributed by atoms with Gasteiger partial charge in [0.1, 0.15) is 0 Å². The van der Waals surface area contributed by atoms with Crippen LogP contribution in [0.1, 0.15) is 50.8 Å². The molecule has 4 nitrogen and oxygen atoms in total. The molecule has 152 valence electrons. The number of hydrogen-bond acceptors (Lipinski definition) is 4. The van der Waals surface area contributed by atoms with Crippen molar-refractivity contribution in [1.29, 1.82) is 0 Å². The molecular formula is C24H36N4. The summed E-state index contributed by atoms with van der Waals surface area (Å²) in [6, 6.07) is 15.0. The Morgan fingerprint density at radius 3 is 2.43 bits per heavy atom. The van der Waals surface area contributed by atoms with E-state index in [4.69, 9.17) is 5.73 Å². The largest absolute Gasteiger partial charge is 0.312 e. The summed E-state index contributed by atoms with van der Waals surface area (Å²) in [7, 11) is 0. The van der Waals surface area contributed by atoms with Crippen molar-refractivity contribution in [2.24, 2.45) is 5.73 Å². The van der Waals surface area contributed by atoms with Gasteiger partial charge in [-0.15, -0.1) is 0 Å². The quantitative estimate of drug-likeness (QED) is 0.750. The molecule has 0 amide bonds. The first-order valence-corrected chi connectivity index (χ1v) is 11.2. The van der Waals surface area contributed by atoms with Gasteiger partial charge in [-0.2, -0.15) is 0 Å². The number of nitrogens with two attached hydrogens (primary N) is 1. The highest BCUT2D eigenvalue weighted by atomic mass is 15.3. The Labute approximate surface area is 170 Å². The molecule has 0 bridgehead atoms. The first-order valence-electron chi connectivity index (χ1n) is 11.2. The van der Waals surface area contributed by atoms with Gasteiger partial charge in [-0.3, -0.25) is 10.2 Å². The number of rotatable bonds is 6. The highest BCUT2D eigenvalue weighted by Crippen LogP contribution is 2.34. The molecule has 0 aromatic heterocycles. The molecule has 2 aromatic carbocycles. The van der Waals surface area contributed by atoms with Gasteiger partial charge in [0.2, 0.25) is 0 Å². The monoisotopic (exact) mass is 380 g/mol. The minimum absolute atomic E-state index is 0.123. The second-order valence-electron chi connectivity index (χ2n) is 8.63. The maximum atomic E-state index is 6.67. The maximum Gasteiger partial charge on any atom is 0.0816 e. The molecule has 2 aliphatic rings. The van der Waals surface area contributed by atoms with Crippen LogP contribution in [0.5, 0.6) is 0 Å². The lowest BCUT2D eigenvalue weighted by Gasteiger charge is -2.50. The van der Waals surface area contributed by atoms with Crippen LogP contribution in [0.3, 0.4) is 0 Å². The van der Waals surface area contributed by atoms with E-state index in [0.29, 0.717) is 0 Å². The Kier molecular flexibility index (Phi) is 6.32. The third-order valence-electron chi connectivity index (χ3n) is 7.08. The third kappa shape index (κ3) is 4.11. The van der Waals surface area contributed by atoms with E-state index in [9.17, 15) is 0 Å². The van der Waals surface area contributed by atoms with Gasteiger partial charge in [0, 0.05) is 38.3 Å². The minimum Gasteiger partial charge on any atom is -0.312 e. The smallest absolute Gasteiger partial charge is 0.0816 e. The van der Waals surface area contributed by atoms with Crippen LogP contribution in [0.25, 0.3) is 10.8 Å². The van der Waals surface area contributed by atoms with E-state index in [2.05, 4.69) is 64.5 Å². The van der Waals surface area contributed by atoms with Gasteiger partial charge in [-0.05, 0) is 35.7 Å². The van der Waals surface area contributed by atoms with Crippen molar-refractivity contribution >= 4 is 10.8 Å². The lowest BCUT2D eigenvalue weighted by Crippen LogP contribution is -2.62. The second kappa shape index (κ2) is 8.91. The highest BCUT2D eigenvalue weighted by molar-refractivity contribution is 5.86. The van der Waals surface area contributed by atoms with E-state index < -0.39 is 0 Å². The molecule has 1 aliphatic carbocycles. The highest BCUT2D eigenvalue weighted by Gasteiger charge is 2.39. The Balaban J connectivity index is 1.48. The molecular weight excluding hydrogens is 344 g/mol. The van der Waals surface area contributed by atoms with Crippen molar-refractivity contribution in [2.45, 2.75) is 50.7 Å². The fraction of sp³-hybridized carbons (Fsp3) is 0.583. The second-order valence-corrected chi connectivity index (χ2v) is 8.63. The maximum absolute atomic E-state index is 6.67. The van der Waals surface area contributed by atoms with Gasteiger partial charge in [0.25, 0.3) is 0 Å². The summed E-state index contributed by atoms with van der Waals surface area (Å²) in [5.74, 6) is 0. The fourth-order valence-electron chi connectivity index (χ4n) is 5.28. The van der Waals surface area contributed by atoms with Crippen molar-refractivity contribution < 1.29 is 0 Å². The average Bonchev–Trinajstić information content (AvgIpc) is 2.78. The topological polar surface area (TPSA) is 44.5 Å². The zero-order chi connectivity index (χ0) is 19.4. The number of hydrogen-bond donors (Lipinski definition) is 2. The number of fused-ring (bicyclic) bond motifs is 1. The van der Waals surface area contributed by atoms with Crippen LogP contribution in [0.15, 0.2) is 42.5 Å². The zero-order valence-electron chi connectivity index (χ0n) is 17.4. The van der Waals surface area contributed by atoms with Crippen molar-refractivity contribution in [3.63, 3.8) is 0 Å². The molecule has 1 saturated carbocycles. The molecule has 4 rings (SSSR count). The molecule has 0 radical (unpaired) electrons. The lowest BCUT2D eigenvalue weighted by molar-refractivity contribution is 0.00750. The first-order chi connectivity index (χ1) is 13.7. The van der Waals surface area contributed by atoms with Crippen molar-refractivity contribution in [1.82, 2.24) is 15.1 Å². The number of benzene rings is 2. The molecule has 4 heteroatoms. The van der Waals surface area contributed by atoms with Crippen LogP contribution < -0.4 is 11.1 Å². The van der Waals surface area contributed by atoms with Crippen LogP contribution in [-0.2, 0) is 0 Å². The summed E-state index contributed by atoms with van der Waals surface area (Å²) < 4.78 is 0. The lowest BCUT2D eigenvalue weighted by atomic mass is 9.79. The molecule has 1 aliphatic heterocycles. The van der Waals surface area contributed by atoms with Gasteiger partial charge < -0.3 is 10.6 Å². The summed E-state index contributed by atoms with van der Waals surface area (Å²) in [5, 5.41) is 6.27. The molecule has 1 saturated heterocycles. The minimum atomic E-state index is -0.123. The van der Waals surface area contributed by atoms with Gasteiger partial charge in [-0.25, -0.2) is 0 Å². The fourth-order valence-corrected chi connectivity index (χ4v) is 5.28. The van der Waals surface area contributed by atoms with E-state index in [0.717, 1.165) is 6.54 Å². The van der Waals surface area contributed by atoms with Gasteiger partial charge in [0.15, 0.2) is 0 Å². The van der Waals surface area contributed by atoms with E-state index in [1.165, 1.54) is 81.2 Å². The van der Waals surface area contributed by atoms with Crippen molar-refractivity contribution in [3.05, 3.63) is 48.0 Å². The van der Waals surface area contributed by atoms with Gasteiger partial charge >= 0.3 is 0 Å². The Bertz CT molecular complexity index is 755. The van der Waals surface area contributed by atoms with E-state index in [-0.39, 0.29) is 11.7 Å². The molecule has 2 fully saturated rings. The number of likely N-dealkylation sites (N-methyl/N-ethyl adjacent to an activating group) is 1. The molecule has 0 spiro atoms. The van der Waals surface area contributed by atoms with Crippen LogP contribution in [0.4, 0.5) is 0 Å². The normalized spacial score (nSPS) is 22.4. The van der Waals surface area contributed by atoms with E-state index in [1.54, 1.807) is 0 Å². The van der Waals surface area contributed by atoms with Crippen LogP contribution >= 0.6 is 0 Å². The standard InChI is InChI=1S/C24H36N4/c1-2-27-15-17-28(18-16-27)24(13-6-3-7-14-24)19-26-23(25)22-12-8-10-20-9-4-5-11-21(20)22/h4-5,8-12,23,26H,2-3,6-7,13-19,25H2,1H3. The van der Waals surface area contributed by atoms with Crippen molar-refractivity contribution in [2.75, 3.05) is 39.3 Å². The zero-order valence-corrected chi connectivity index (χ0v) is 17.4. The summed E-state index contributed by atoms with van der Waals surface area (Å²) in [6.07, 6.45) is 6.55. The summed E-state index contributed by atoms with van der Waals surface area (Å²) >= 11 is 0. The SMILES string of the molecule is CCN1CCN(C2(CNC(N)c3cccc4ccccc34)CCCCC2)CC1. The average molecular weight is 381 g/mol. The summed E-state index contributed by atoms with van der Waals surface area (Å²) in [6.45, 7) is 9.23. The Morgan fingerprint density at radius 2 is 1.68 bits per heavy atom. The summed E-state index contributed by atoms with van der Waals surface area (Å²) in [5.41, 5.74) is 8.16. The number of nitrogens with one attached hydrogen (secondary N) is 1. The molecule has 2 aromatic rings. The Morgan fingerprint density at radius 1 is 0.964 bits per heavy atom. The van der Waals surface area contributed by atoms with Crippen molar-refractivity contribution in [3.8, 4) is 0 Å². The van der Waals surface area contributed by atoms with Crippen LogP contribution in [0, 0.1) is 0 Å². The van der Waals surface area contributed by atoms with Crippen LogP contribution in [-0.4, -0.2) is 54.6 Å². The summed E-state index contributed by atoms with van der Waals surface area (Å²) in [4.78, 5) is 5.35. The van der Waals surface area contributed by atoms with Crippen LogP contribution in [0.2, 0.25) is 0 Å². The Hall–Kier alpha value is -1.46. The predicted octanol–water partition coefficient (Wildman–Crippen LogP) is 3.73. The molecule has 1 atom stereocenters. The third-order valence-corrected chi connectivity index (χ3v) is 7.08. The molecule has 1 unspecified atom stereocenters. The molecule has 3 N–H and O–H groups in total. The number of nitrogens with zero attached hydrogens (tertiary/aromatic N) is 2. The van der Waals surface area contributed by atoms with Gasteiger partial charge in [0.05, 0.1) is 6.17 Å². The van der Waals surface area contributed by atoms with E-state index >= 15 is 0 Å². The number of piperazine rings is 1. The van der Waals surface area contributed by atoms with Gasteiger partial charge in [-0.1, -0.05) is 68.7 Å². The predicted molar refractivity (Wildman–Crippen MR) is 118 cm³/mol. The van der Waals surface area contributed by atoms with E-state index in [1.807, 2.05) is 0 Å². The molecule has 28 heavy (non-hydrogen) atoms.